The largest absolute Gasteiger partial charge is 0.237 e. The minimum Gasteiger partial charge on any atom is -0.237 e. The molecule has 2 nitrogen and oxygen atoms in total. The number of nitrogens with zero attached hydrogens (tertiary/aromatic N) is 2. The Kier molecular flexibility index (Phi) is 10.3. The molecule has 0 aliphatic heterocycles. The van der Waals surface area contributed by atoms with Crippen LogP contribution in [0.5, 0.6) is 0 Å². The highest BCUT2D eigenvalue weighted by molar-refractivity contribution is 5.80. The number of fused-ring (bicyclic) bond motifs is 1. The van der Waals surface area contributed by atoms with Gasteiger partial charge in [0.25, 0.3) is 0 Å². The number of para-hydroxylation sites is 1. The van der Waals surface area contributed by atoms with Gasteiger partial charge >= 0.3 is 0 Å². The van der Waals surface area contributed by atoms with Gasteiger partial charge in [0.2, 0.25) is 0 Å². The van der Waals surface area contributed by atoms with Gasteiger partial charge in [-0.05, 0) is 25.8 Å². The van der Waals surface area contributed by atoms with Gasteiger partial charge in [0.05, 0.1) is 5.52 Å². The third-order valence-electron chi connectivity index (χ3n) is 3.16. The van der Waals surface area contributed by atoms with Crippen molar-refractivity contribution in [3.05, 3.63) is 74.3 Å². The molecule has 3 rings (SSSR count). The molecule has 0 saturated heterocycles. The summed E-state index contributed by atoms with van der Waals surface area (Å²) in [5.41, 5.74) is 2.14. The lowest BCUT2D eigenvalue weighted by Gasteiger charge is -2.09. The van der Waals surface area contributed by atoms with Crippen LogP contribution in [0.3, 0.4) is 0 Å². The Morgan fingerprint density at radius 1 is 1.00 bits per heavy atom. The van der Waals surface area contributed by atoms with Crippen molar-refractivity contribution in [2.75, 3.05) is 0 Å². The molecule has 0 amide bonds. The number of hydrogen-bond acceptors (Lipinski definition) is 2. The zero-order valence-corrected chi connectivity index (χ0v) is 14.2. The second kappa shape index (κ2) is 11.4. The number of rotatable bonds is 1. The molecular weight excluding hydrogens is 268 g/mol. The van der Waals surface area contributed by atoms with Crippen LogP contribution >= 0.6 is 0 Å². The molecule has 1 unspecified atom stereocenters. The van der Waals surface area contributed by atoms with Gasteiger partial charge < -0.3 is 0 Å². The van der Waals surface area contributed by atoms with Gasteiger partial charge in [-0.3, -0.25) is 0 Å². The maximum absolute atomic E-state index is 4.66. The van der Waals surface area contributed by atoms with E-state index in [2.05, 4.69) is 67.5 Å². The Morgan fingerprint density at radius 3 is 2.23 bits per heavy atom. The summed E-state index contributed by atoms with van der Waals surface area (Å²) in [6, 6.07) is 8.21. The highest BCUT2D eigenvalue weighted by Crippen LogP contribution is 2.27. The molecule has 0 radical (unpaired) electrons. The van der Waals surface area contributed by atoms with E-state index in [4.69, 9.17) is 0 Å². The van der Waals surface area contributed by atoms with E-state index in [0.717, 1.165) is 35.3 Å². The van der Waals surface area contributed by atoms with Crippen LogP contribution in [0.15, 0.2) is 62.7 Å². The van der Waals surface area contributed by atoms with Gasteiger partial charge in [-0.15, -0.1) is 26.3 Å². The summed E-state index contributed by atoms with van der Waals surface area (Å²) in [5.74, 6) is 1.40. The third-order valence-corrected chi connectivity index (χ3v) is 3.16. The molecule has 1 aromatic carbocycles. The van der Waals surface area contributed by atoms with Gasteiger partial charge in [-0.25, -0.2) is 9.97 Å². The van der Waals surface area contributed by atoms with Gasteiger partial charge in [0, 0.05) is 17.0 Å². The molecule has 0 fully saturated rings. The number of benzene rings is 1. The first kappa shape index (κ1) is 19.8. The van der Waals surface area contributed by atoms with Gasteiger partial charge in [0.1, 0.15) is 5.82 Å². The van der Waals surface area contributed by atoms with Crippen molar-refractivity contribution in [1.29, 1.82) is 0 Å². The fourth-order valence-electron chi connectivity index (χ4n) is 2.27. The zero-order valence-electron chi connectivity index (χ0n) is 14.2. The minimum atomic E-state index is 0.420. The second-order valence-electron chi connectivity index (χ2n) is 4.30. The molecule has 0 bridgehead atoms. The molecule has 2 aromatic rings. The molecule has 1 atom stereocenters. The van der Waals surface area contributed by atoms with Crippen LogP contribution in [0.2, 0.25) is 0 Å². The van der Waals surface area contributed by atoms with Crippen molar-refractivity contribution >= 4 is 10.9 Å². The lowest BCUT2D eigenvalue weighted by molar-refractivity contribution is 0.741. The number of allylic oxidation sites excluding steroid dienone is 2. The predicted octanol–water partition coefficient (Wildman–Crippen LogP) is 6.00. The first-order chi connectivity index (χ1) is 10.8. The smallest absolute Gasteiger partial charge is 0.136 e. The van der Waals surface area contributed by atoms with E-state index in [9.17, 15) is 0 Å². The molecule has 0 spiro atoms. The standard InChI is InChI=1S/C14H14N2.C2H6.2C2H4/c1-10-12-8-4-5-9-13(12)16-14(15-10)11-6-2-3-7-11;3*1-2/h2,4-6,8-9,11H,3,7H2,1H3;1-2H3;2*1-2H2. The average Bonchev–Trinajstić information content (AvgIpc) is 3.15. The Morgan fingerprint density at radius 2 is 1.64 bits per heavy atom. The Hall–Kier alpha value is -2.22. The Bertz CT molecular complexity index is 585. The molecule has 1 aliphatic carbocycles. The SMILES string of the molecule is C=C.C=C.CC.Cc1nc(C2C=CCC2)nc2ccccc12. The highest BCUT2D eigenvalue weighted by Gasteiger charge is 2.15. The van der Waals surface area contributed by atoms with E-state index in [1.165, 1.54) is 0 Å². The van der Waals surface area contributed by atoms with Crippen LogP contribution in [0.25, 0.3) is 10.9 Å². The molecule has 2 heteroatoms. The van der Waals surface area contributed by atoms with Gasteiger partial charge in [-0.2, -0.15) is 0 Å². The summed E-state index contributed by atoms with van der Waals surface area (Å²) in [4.78, 5) is 9.28. The van der Waals surface area contributed by atoms with Crippen molar-refractivity contribution in [1.82, 2.24) is 9.97 Å². The monoisotopic (exact) mass is 296 g/mol. The van der Waals surface area contributed by atoms with Crippen LogP contribution in [0, 0.1) is 6.92 Å². The highest BCUT2D eigenvalue weighted by atomic mass is 14.9. The summed E-state index contributed by atoms with van der Waals surface area (Å²) >= 11 is 0. The van der Waals surface area contributed by atoms with Crippen LogP contribution in [-0.2, 0) is 0 Å². The number of hydrogen-bond donors (Lipinski definition) is 0. The molecule has 22 heavy (non-hydrogen) atoms. The first-order valence-corrected chi connectivity index (χ1v) is 7.74. The van der Waals surface area contributed by atoms with Crippen molar-refractivity contribution in [2.24, 2.45) is 0 Å². The summed E-state index contributed by atoms with van der Waals surface area (Å²) in [6.07, 6.45) is 6.75. The van der Waals surface area contributed by atoms with Crippen LogP contribution in [0.4, 0.5) is 0 Å². The van der Waals surface area contributed by atoms with E-state index < -0.39 is 0 Å². The van der Waals surface area contributed by atoms with E-state index in [-0.39, 0.29) is 0 Å². The van der Waals surface area contributed by atoms with Crippen molar-refractivity contribution < 1.29 is 0 Å². The van der Waals surface area contributed by atoms with Crippen molar-refractivity contribution in [3.8, 4) is 0 Å². The van der Waals surface area contributed by atoms with E-state index in [1.807, 2.05) is 26.0 Å². The van der Waals surface area contributed by atoms with E-state index >= 15 is 0 Å². The van der Waals surface area contributed by atoms with Crippen LogP contribution < -0.4 is 0 Å². The Balaban J connectivity index is 0.000000661. The maximum Gasteiger partial charge on any atom is 0.136 e. The second-order valence-corrected chi connectivity index (χ2v) is 4.30. The number of aryl methyl sites for hydroxylation is 1. The minimum absolute atomic E-state index is 0.420. The van der Waals surface area contributed by atoms with Gasteiger partial charge in [-0.1, -0.05) is 44.2 Å². The van der Waals surface area contributed by atoms with Gasteiger partial charge in [0.15, 0.2) is 0 Å². The van der Waals surface area contributed by atoms with Crippen molar-refractivity contribution in [2.45, 2.75) is 39.5 Å². The fourth-order valence-corrected chi connectivity index (χ4v) is 2.27. The zero-order chi connectivity index (χ0) is 17.0. The average molecular weight is 296 g/mol. The third kappa shape index (κ3) is 4.96. The Labute approximate surface area is 135 Å². The normalized spacial score (nSPS) is 14.8. The predicted molar refractivity (Wildman–Crippen MR) is 99.2 cm³/mol. The fraction of sp³-hybridized carbons (Fsp3) is 0.300. The van der Waals surface area contributed by atoms with E-state index in [1.54, 1.807) is 0 Å². The molecule has 1 aliphatic rings. The quantitative estimate of drug-likeness (QED) is 0.603. The maximum atomic E-state index is 4.66. The van der Waals surface area contributed by atoms with Crippen LogP contribution in [-0.4, -0.2) is 9.97 Å². The molecule has 0 saturated carbocycles. The summed E-state index contributed by atoms with van der Waals surface area (Å²) in [7, 11) is 0. The topological polar surface area (TPSA) is 25.8 Å². The van der Waals surface area contributed by atoms with Crippen LogP contribution in [0.1, 0.15) is 44.1 Å². The first-order valence-electron chi connectivity index (χ1n) is 7.74. The summed E-state index contributed by atoms with van der Waals surface area (Å²) < 4.78 is 0. The van der Waals surface area contributed by atoms with E-state index in [0.29, 0.717) is 5.92 Å². The lowest BCUT2D eigenvalue weighted by Crippen LogP contribution is -2.02. The molecular formula is C20H28N2. The lowest BCUT2D eigenvalue weighted by atomic mass is 10.1. The van der Waals surface area contributed by atoms with Crippen molar-refractivity contribution in [3.63, 3.8) is 0 Å². The molecule has 0 N–H and O–H groups in total. The summed E-state index contributed by atoms with van der Waals surface area (Å²) in [5, 5.41) is 1.16. The molecule has 1 heterocycles. The molecule has 118 valence electrons. The summed E-state index contributed by atoms with van der Waals surface area (Å²) in [6.45, 7) is 18.1. The molecule has 1 aromatic heterocycles. The number of aromatic nitrogens is 2.